The van der Waals surface area contributed by atoms with Gasteiger partial charge in [-0.2, -0.15) is 0 Å². The Hall–Kier alpha value is -2.59. The van der Waals surface area contributed by atoms with Gasteiger partial charge in [0.25, 0.3) is 0 Å². The van der Waals surface area contributed by atoms with Crippen LogP contribution in [0.25, 0.3) is 0 Å². The van der Waals surface area contributed by atoms with E-state index in [-0.39, 0.29) is 6.61 Å². The van der Waals surface area contributed by atoms with Crippen LogP contribution in [0.4, 0.5) is 0 Å². The van der Waals surface area contributed by atoms with Crippen LogP contribution < -0.4 is 0 Å². The third-order valence-corrected chi connectivity index (χ3v) is 5.38. The highest BCUT2D eigenvalue weighted by molar-refractivity contribution is 7.99. The lowest BCUT2D eigenvalue weighted by atomic mass is 9.99. The van der Waals surface area contributed by atoms with Crippen LogP contribution >= 0.6 is 11.8 Å². The minimum absolute atomic E-state index is 0.247. The Kier molecular flexibility index (Phi) is 8.88. The van der Waals surface area contributed by atoms with Gasteiger partial charge in [-0.1, -0.05) is 29.5 Å². The van der Waals surface area contributed by atoms with Crippen molar-refractivity contribution in [1.29, 1.82) is 0 Å². The number of hydrogen-bond donors (Lipinski definition) is 0. The molecule has 170 valence electrons. The first-order valence-electron chi connectivity index (χ1n) is 9.60. The van der Waals surface area contributed by atoms with Crippen LogP contribution in [0.15, 0.2) is 29.2 Å². The Bertz CT molecular complexity index is 808. The molecule has 1 saturated heterocycles. The first kappa shape index (κ1) is 24.7. The Labute approximate surface area is 184 Å². The molecule has 1 aliphatic rings. The van der Waals surface area contributed by atoms with E-state index in [2.05, 4.69) is 0 Å². The zero-order chi connectivity index (χ0) is 23.1. The normalized spacial score (nSPS) is 25.3. The summed E-state index contributed by atoms with van der Waals surface area (Å²) in [5.41, 5.74) is 0.231. The molecule has 0 bridgehead atoms. The van der Waals surface area contributed by atoms with Gasteiger partial charge < -0.3 is 23.7 Å². The zero-order valence-electron chi connectivity index (χ0n) is 18.0. The van der Waals surface area contributed by atoms with Crippen molar-refractivity contribution < 1.29 is 42.9 Å². The number of aryl methyl sites for hydroxylation is 1. The first-order valence-corrected chi connectivity index (χ1v) is 10.5. The maximum Gasteiger partial charge on any atom is 0.303 e. The molecule has 0 N–H and O–H groups in total. The summed E-state index contributed by atoms with van der Waals surface area (Å²) in [5, 5.41) is 0. The van der Waals surface area contributed by atoms with Gasteiger partial charge in [0.1, 0.15) is 18.1 Å². The molecular formula is C21H26O9S. The van der Waals surface area contributed by atoms with Gasteiger partial charge in [-0.15, -0.1) is 0 Å². The number of ether oxygens (including phenoxy) is 5. The molecule has 0 amide bonds. The molecule has 1 aromatic carbocycles. The molecule has 9 nitrogen and oxygen atoms in total. The van der Waals surface area contributed by atoms with E-state index in [0.29, 0.717) is 0 Å². The number of rotatable bonds is 7. The summed E-state index contributed by atoms with van der Waals surface area (Å²) in [7, 11) is 0. The molecule has 3 unspecified atom stereocenters. The van der Waals surface area contributed by atoms with Crippen molar-refractivity contribution >= 4 is 35.6 Å². The molecule has 0 spiro atoms. The minimum Gasteiger partial charge on any atom is -0.463 e. The van der Waals surface area contributed by atoms with Crippen molar-refractivity contribution in [3.8, 4) is 0 Å². The van der Waals surface area contributed by atoms with E-state index >= 15 is 0 Å². The molecule has 0 aliphatic carbocycles. The number of carbonyl (C=O) groups excluding carboxylic acids is 4. The number of thioether (sulfide) groups is 1. The quantitative estimate of drug-likeness (QED) is 0.448. The summed E-state index contributed by atoms with van der Waals surface area (Å²) < 4.78 is 27.3. The summed E-state index contributed by atoms with van der Waals surface area (Å²) in [6, 6.07) is 7.56. The summed E-state index contributed by atoms with van der Waals surface area (Å²) >= 11 is 1.24. The number of carbonyl (C=O) groups is 4. The molecule has 0 aromatic heterocycles. The smallest absolute Gasteiger partial charge is 0.303 e. The van der Waals surface area contributed by atoms with E-state index in [0.717, 1.165) is 10.5 Å². The Balaban J connectivity index is 2.43. The van der Waals surface area contributed by atoms with E-state index in [1.807, 2.05) is 31.2 Å². The maximum absolute atomic E-state index is 11.8. The Morgan fingerprint density at radius 2 is 1.32 bits per heavy atom. The lowest BCUT2D eigenvalue weighted by molar-refractivity contribution is -0.237. The molecule has 0 saturated carbocycles. The summed E-state index contributed by atoms with van der Waals surface area (Å²) in [6.07, 6.45) is -4.35. The Morgan fingerprint density at radius 1 is 0.806 bits per heavy atom. The predicted molar refractivity (Wildman–Crippen MR) is 109 cm³/mol. The van der Waals surface area contributed by atoms with Gasteiger partial charge in [-0.05, 0) is 19.1 Å². The van der Waals surface area contributed by atoms with Gasteiger partial charge >= 0.3 is 23.9 Å². The summed E-state index contributed by atoms with van der Waals surface area (Å²) in [5.74, 6) is -2.50. The van der Waals surface area contributed by atoms with Crippen LogP contribution in [-0.4, -0.2) is 60.3 Å². The van der Waals surface area contributed by atoms with Crippen LogP contribution in [0.2, 0.25) is 0 Å². The first-order chi connectivity index (χ1) is 14.6. The zero-order valence-corrected chi connectivity index (χ0v) is 18.8. The van der Waals surface area contributed by atoms with Crippen molar-refractivity contribution in [2.75, 3.05) is 6.61 Å². The SMILES string of the molecule is CC(=O)OCC1O[C@H](Sc2ccc(C)cc2)C(OC(C)=O)C(OC(C)=O)[C@@H]1OC(C)=O. The third-order valence-electron chi connectivity index (χ3n) is 4.22. The molecule has 31 heavy (non-hydrogen) atoms. The molecule has 0 radical (unpaired) electrons. The molecule has 1 aliphatic heterocycles. The van der Waals surface area contributed by atoms with E-state index in [1.165, 1.54) is 39.5 Å². The molecule has 1 heterocycles. The fraction of sp³-hybridized carbons (Fsp3) is 0.524. The monoisotopic (exact) mass is 454 g/mol. The molecule has 2 rings (SSSR count). The fourth-order valence-electron chi connectivity index (χ4n) is 3.03. The number of hydrogen-bond acceptors (Lipinski definition) is 10. The second kappa shape index (κ2) is 11.1. The minimum atomic E-state index is -1.16. The van der Waals surface area contributed by atoms with Crippen molar-refractivity contribution in [2.45, 2.75) is 69.4 Å². The van der Waals surface area contributed by atoms with Crippen molar-refractivity contribution in [3.05, 3.63) is 29.8 Å². The fourth-order valence-corrected chi connectivity index (χ4v) is 4.14. The molecular weight excluding hydrogens is 428 g/mol. The van der Waals surface area contributed by atoms with Gasteiger partial charge in [-0.3, -0.25) is 19.2 Å². The van der Waals surface area contributed by atoms with Crippen LogP contribution in [0, 0.1) is 6.92 Å². The Morgan fingerprint density at radius 3 is 1.84 bits per heavy atom. The summed E-state index contributed by atoms with van der Waals surface area (Å²) in [6.45, 7) is 6.51. The molecule has 5 atom stereocenters. The lowest BCUT2D eigenvalue weighted by Crippen LogP contribution is -2.61. The van der Waals surface area contributed by atoms with Crippen molar-refractivity contribution in [3.63, 3.8) is 0 Å². The average molecular weight is 454 g/mol. The second-order valence-corrected chi connectivity index (χ2v) is 8.17. The maximum atomic E-state index is 11.8. The van der Waals surface area contributed by atoms with Crippen LogP contribution in [0.1, 0.15) is 33.3 Å². The highest BCUT2D eigenvalue weighted by Gasteiger charge is 2.52. The van der Waals surface area contributed by atoms with E-state index < -0.39 is 53.7 Å². The average Bonchev–Trinajstić information content (AvgIpc) is 2.65. The topological polar surface area (TPSA) is 114 Å². The highest BCUT2D eigenvalue weighted by Crippen LogP contribution is 2.37. The number of benzene rings is 1. The lowest BCUT2D eigenvalue weighted by Gasteiger charge is -2.44. The van der Waals surface area contributed by atoms with E-state index in [4.69, 9.17) is 23.7 Å². The van der Waals surface area contributed by atoms with E-state index in [9.17, 15) is 19.2 Å². The van der Waals surface area contributed by atoms with Crippen LogP contribution in [-0.2, 0) is 42.9 Å². The van der Waals surface area contributed by atoms with Gasteiger partial charge in [-0.25, -0.2) is 0 Å². The largest absolute Gasteiger partial charge is 0.463 e. The molecule has 1 aromatic rings. The van der Waals surface area contributed by atoms with Crippen molar-refractivity contribution in [2.24, 2.45) is 0 Å². The summed E-state index contributed by atoms with van der Waals surface area (Å²) in [4.78, 5) is 47.5. The van der Waals surface area contributed by atoms with Gasteiger partial charge in [0.15, 0.2) is 18.3 Å². The third kappa shape index (κ3) is 7.55. The van der Waals surface area contributed by atoms with Crippen molar-refractivity contribution in [1.82, 2.24) is 0 Å². The highest BCUT2D eigenvalue weighted by atomic mass is 32.2. The predicted octanol–water partition coefficient (Wildman–Crippen LogP) is 2.17. The van der Waals surface area contributed by atoms with Crippen LogP contribution in [0.3, 0.4) is 0 Å². The van der Waals surface area contributed by atoms with Gasteiger partial charge in [0.2, 0.25) is 0 Å². The number of esters is 4. The van der Waals surface area contributed by atoms with Crippen LogP contribution in [0.5, 0.6) is 0 Å². The molecule has 10 heteroatoms. The van der Waals surface area contributed by atoms with E-state index in [1.54, 1.807) is 0 Å². The standard InChI is InChI=1S/C21H26O9S/c1-11-6-8-16(9-7-11)31-21-20(29-15(5)25)19(28-14(4)24)18(27-13(3)23)17(30-21)10-26-12(2)22/h6-9,17-21H,10H2,1-5H3/t17?,18-,19?,20?,21-/m1/s1. The van der Waals surface area contributed by atoms with Gasteiger partial charge in [0.05, 0.1) is 0 Å². The van der Waals surface area contributed by atoms with Gasteiger partial charge in [0, 0.05) is 32.6 Å². The second-order valence-electron chi connectivity index (χ2n) is 7.00. The molecule has 1 fully saturated rings.